The number of hydrogen-bond acceptors (Lipinski definition) is 4. The van der Waals surface area contributed by atoms with E-state index in [0.29, 0.717) is 4.88 Å². The summed E-state index contributed by atoms with van der Waals surface area (Å²) in [6.07, 6.45) is -0.00100. The molecular formula is C19H13ClFNO3S2. The van der Waals surface area contributed by atoms with Gasteiger partial charge in [-0.2, -0.15) is 0 Å². The van der Waals surface area contributed by atoms with Gasteiger partial charge in [0.1, 0.15) is 10.7 Å². The van der Waals surface area contributed by atoms with Crippen LogP contribution >= 0.6 is 22.9 Å². The van der Waals surface area contributed by atoms with Crippen LogP contribution < -0.4 is 5.32 Å². The van der Waals surface area contributed by atoms with Crippen molar-refractivity contribution in [3.63, 3.8) is 0 Å². The first-order chi connectivity index (χ1) is 12.9. The van der Waals surface area contributed by atoms with Crippen molar-refractivity contribution in [3.8, 4) is 0 Å². The van der Waals surface area contributed by atoms with Crippen LogP contribution in [0.3, 0.4) is 0 Å². The highest BCUT2D eigenvalue weighted by Crippen LogP contribution is 2.47. The fourth-order valence-electron chi connectivity index (χ4n) is 3.21. The van der Waals surface area contributed by atoms with Crippen molar-refractivity contribution in [1.82, 2.24) is 0 Å². The third-order valence-corrected chi connectivity index (χ3v) is 7.82. The van der Waals surface area contributed by atoms with Crippen molar-refractivity contribution in [2.75, 3.05) is 5.32 Å². The molecule has 0 unspecified atom stereocenters. The Bertz CT molecular complexity index is 1120. The number of thiophene rings is 1. The summed E-state index contributed by atoms with van der Waals surface area (Å²) in [7, 11) is -3.82. The molecule has 27 heavy (non-hydrogen) atoms. The number of anilines is 1. The minimum atomic E-state index is -3.82. The number of nitrogens with one attached hydrogen (secondary N) is 1. The standard InChI is InChI=1S/C19H13ClFNO3S2/c20-13-7-4-8-14(21)17(13)12-9-16(23)22-18-15(10-26-19(12)18)27(24,25)11-5-2-1-3-6-11/h1-8,10,12H,9H2,(H,22,23)/t12-/m1/s1. The number of hydrogen-bond donors (Lipinski definition) is 1. The van der Waals surface area contributed by atoms with Crippen LogP contribution in [0.1, 0.15) is 22.8 Å². The van der Waals surface area contributed by atoms with Gasteiger partial charge in [0.2, 0.25) is 15.7 Å². The van der Waals surface area contributed by atoms with Gasteiger partial charge in [-0.05, 0) is 24.3 Å². The zero-order valence-corrected chi connectivity index (χ0v) is 16.2. The molecule has 8 heteroatoms. The molecule has 0 fully saturated rings. The molecule has 0 radical (unpaired) electrons. The van der Waals surface area contributed by atoms with Gasteiger partial charge in [-0.3, -0.25) is 4.79 Å². The number of fused-ring (bicyclic) bond motifs is 1. The highest BCUT2D eigenvalue weighted by Gasteiger charge is 2.36. The van der Waals surface area contributed by atoms with Crippen LogP contribution in [0.5, 0.6) is 0 Å². The number of rotatable bonds is 3. The van der Waals surface area contributed by atoms with Gasteiger partial charge in [-0.15, -0.1) is 11.3 Å². The van der Waals surface area contributed by atoms with Crippen molar-refractivity contribution in [1.29, 1.82) is 0 Å². The maximum absolute atomic E-state index is 14.4. The van der Waals surface area contributed by atoms with Crippen molar-refractivity contribution >= 4 is 44.4 Å². The SMILES string of the molecule is O=C1C[C@H](c2c(F)cccc2Cl)c2scc(S(=O)(=O)c3ccccc3)c2N1. The van der Waals surface area contributed by atoms with Gasteiger partial charge in [-0.1, -0.05) is 35.9 Å². The Kier molecular flexibility index (Phi) is 4.53. The Morgan fingerprint density at radius 1 is 1.11 bits per heavy atom. The highest BCUT2D eigenvalue weighted by molar-refractivity contribution is 7.91. The molecular weight excluding hydrogens is 409 g/mol. The molecule has 2 heterocycles. The second kappa shape index (κ2) is 6.74. The maximum atomic E-state index is 14.4. The summed E-state index contributed by atoms with van der Waals surface area (Å²) in [5.74, 6) is -1.53. The van der Waals surface area contributed by atoms with Crippen molar-refractivity contribution in [3.05, 3.63) is 75.2 Å². The van der Waals surface area contributed by atoms with Crippen LogP contribution in [0.2, 0.25) is 5.02 Å². The molecule has 1 aliphatic heterocycles. The van der Waals surface area contributed by atoms with E-state index >= 15 is 0 Å². The van der Waals surface area contributed by atoms with Gasteiger partial charge in [0.25, 0.3) is 0 Å². The first-order valence-corrected chi connectivity index (χ1v) is 10.8. The van der Waals surface area contributed by atoms with E-state index < -0.39 is 21.6 Å². The number of carbonyl (C=O) groups is 1. The Morgan fingerprint density at radius 3 is 2.56 bits per heavy atom. The molecule has 1 aromatic heterocycles. The average molecular weight is 422 g/mol. The lowest BCUT2D eigenvalue weighted by molar-refractivity contribution is -0.116. The summed E-state index contributed by atoms with van der Waals surface area (Å²) in [5.41, 5.74) is 0.421. The maximum Gasteiger partial charge on any atom is 0.225 e. The van der Waals surface area contributed by atoms with Gasteiger partial charge in [0.05, 0.1) is 10.6 Å². The minimum Gasteiger partial charge on any atom is -0.324 e. The summed E-state index contributed by atoms with van der Waals surface area (Å²) < 4.78 is 40.4. The molecule has 0 saturated heterocycles. The second-order valence-corrected chi connectivity index (χ2v) is 9.33. The van der Waals surface area contributed by atoms with Gasteiger partial charge in [0.15, 0.2) is 0 Å². The number of amides is 1. The van der Waals surface area contributed by atoms with Crippen molar-refractivity contribution < 1.29 is 17.6 Å². The van der Waals surface area contributed by atoms with E-state index in [1.807, 2.05) is 0 Å². The van der Waals surface area contributed by atoms with E-state index in [4.69, 9.17) is 11.6 Å². The first-order valence-electron chi connectivity index (χ1n) is 8.05. The van der Waals surface area contributed by atoms with Crippen LogP contribution in [0.25, 0.3) is 0 Å². The lowest BCUT2D eigenvalue weighted by atomic mass is 9.90. The Morgan fingerprint density at radius 2 is 1.85 bits per heavy atom. The molecule has 1 atom stereocenters. The monoisotopic (exact) mass is 421 g/mol. The molecule has 0 aliphatic carbocycles. The molecule has 4 nitrogen and oxygen atoms in total. The predicted molar refractivity (Wildman–Crippen MR) is 103 cm³/mol. The van der Waals surface area contributed by atoms with E-state index in [9.17, 15) is 17.6 Å². The molecule has 0 saturated carbocycles. The third kappa shape index (κ3) is 3.05. The lowest BCUT2D eigenvalue weighted by Gasteiger charge is -2.24. The number of benzene rings is 2. The van der Waals surface area contributed by atoms with Crippen LogP contribution in [-0.4, -0.2) is 14.3 Å². The van der Waals surface area contributed by atoms with Crippen LogP contribution in [0.15, 0.2) is 63.7 Å². The van der Waals surface area contributed by atoms with E-state index in [-0.39, 0.29) is 38.4 Å². The summed E-state index contributed by atoms with van der Waals surface area (Å²) >= 11 is 7.36. The Hall–Kier alpha value is -2.22. The average Bonchev–Trinajstić information content (AvgIpc) is 3.07. The summed E-state index contributed by atoms with van der Waals surface area (Å²) in [6, 6.07) is 12.3. The van der Waals surface area contributed by atoms with Gasteiger partial charge in [-0.25, -0.2) is 12.8 Å². The zero-order valence-electron chi connectivity index (χ0n) is 13.8. The molecule has 0 spiro atoms. The van der Waals surface area contributed by atoms with Crippen LogP contribution in [-0.2, 0) is 14.6 Å². The summed E-state index contributed by atoms with van der Waals surface area (Å²) in [5, 5.41) is 4.35. The largest absolute Gasteiger partial charge is 0.324 e. The quantitative estimate of drug-likeness (QED) is 0.657. The Labute approximate surface area is 164 Å². The van der Waals surface area contributed by atoms with Gasteiger partial charge in [0, 0.05) is 33.2 Å². The first kappa shape index (κ1) is 18.2. The van der Waals surface area contributed by atoms with Crippen LogP contribution in [0.4, 0.5) is 10.1 Å². The van der Waals surface area contributed by atoms with Gasteiger partial charge < -0.3 is 5.32 Å². The van der Waals surface area contributed by atoms with E-state index in [1.54, 1.807) is 24.3 Å². The molecule has 3 aromatic rings. The number of halogens is 2. The molecule has 1 amide bonds. The van der Waals surface area contributed by atoms with E-state index in [2.05, 4.69) is 5.32 Å². The van der Waals surface area contributed by atoms with Crippen molar-refractivity contribution in [2.45, 2.75) is 22.1 Å². The molecule has 1 aliphatic rings. The smallest absolute Gasteiger partial charge is 0.225 e. The van der Waals surface area contributed by atoms with Crippen molar-refractivity contribution in [2.24, 2.45) is 0 Å². The summed E-state index contributed by atoms with van der Waals surface area (Å²) in [4.78, 5) is 13.0. The number of sulfone groups is 1. The topological polar surface area (TPSA) is 63.2 Å². The van der Waals surface area contributed by atoms with E-state index in [0.717, 1.165) is 0 Å². The molecule has 0 bridgehead atoms. The number of carbonyl (C=O) groups excluding carboxylic acids is 1. The molecule has 4 rings (SSSR count). The predicted octanol–water partition coefficient (Wildman–Crippen LogP) is 4.85. The fraction of sp³-hybridized carbons (Fsp3) is 0.105. The third-order valence-electron chi connectivity index (χ3n) is 4.45. The molecule has 138 valence electrons. The molecule has 2 aromatic carbocycles. The van der Waals surface area contributed by atoms with Gasteiger partial charge >= 0.3 is 0 Å². The lowest BCUT2D eigenvalue weighted by Crippen LogP contribution is -2.24. The molecule has 1 N–H and O–H groups in total. The second-order valence-electron chi connectivity index (χ2n) is 6.10. The Balaban J connectivity index is 1.89. The summed E-state index contributed by atoms with van der Waals surface area (Å²) in [6.45, 7) is 0. The van der Waals surface area contributed by atoms with Crippen LogP contribution in [0, 0.1) is 5.82 Å². The normalized spacial score (nSPS) is 16.7. The highest BCUT2D eigenvalue weighted by atomic mass is 35.5. The fourth-order valence-corrected chi connectivity index (χ4v) is 6.41. The zero-order chi connectivity index (χ0) is 19.2. The van der Waals surface area contributed by atoms with E-state index in [1.165, 1.54) is 41.0 Å². The minimum absolute atomic E-state index is 0.00100.